The van der Waals surface area contributed by atoms with Gasteiger partial charge in [-0.05, 0) is 5.96 Å². The van der Waals surface area contributed by atoms with Crippen molar-refractivity contribution in [3.8, 4) is 0 Å². The molecule has 24 valence electrons. The zero-order valence-corrected chi connectivity index (χ0v) is 5.08. The van der Waals surface area contributed by atoms with Gasteiger partial charge in [-0.1, -0.05) is 0 Å². The Morgan fingerprint density at radius 1 is 1.80 bits per heavy atom. The van der Waals surface area contributed by atoms with Gasteiger partial charge in [-0.3, -0.25) is 0 Å². The molecule has 0 aliphatic heterocycles. The first kappa shape index (κ1) is 8.99. The molecule has 0 radical (unpaired) electrons. The molecule has 4 heteroatoms. The smallest absolute Gasteiger partial charge is 0.454 e. The molecule has 3 nitrogen and oxygen atoms in total. The van der Waals surface area contributed by atoms with Crippen LogP contribution in [0.1, 0.15) is 0 Å². The zero-order chi connectivity index (χ0) is 3.58. The predicted octanol–water partition coefficient (Wildman–Crippen LogP) is -3.06. The molecule has 0 rings (SSSR count). The normalized spacial score (nSPS) is 4.80. The van der Waals surface area contributed by atoms with E-state index in [-0.39, 0.29) is 29.6 Å². The molecule has 0 unspecified atom stereocenters. The van der Waals surface area contributed by atoms with Crippen molar-refractivity contribution in [2.45, 2.75) is 0 Å². The molecule has 0 fully saturated rings. The Labute approximate surface area is 52.5 Å². The molecule has 0 aromatic rings. The maximum absolute atomic E-state index is 5.94. The van der Waals surface area contributed by atoms with Crippen LogP contribution in [0.4, 0.5) is 0 Å². The molecule has 0 amide bonds. The summed E-state index contributed by atoms with van der Waals surface area (Å²) in [5, 5.41) is 5.94. The number of hydrogen-bond acceptors (Lipinski definition) is 1. The average molecular weight is 81.1 g/mol. The van der Waals surface area contributed by atoms with Crippen molar-refractivity contribution in [2.24, 2.45) is 5.73 Å². The fourth-order valence-electron chi connectivity index (χ4n) is 0. The largest absolute Gasteiger partial charge is 1.00 e. The van der Waals surface area contributed by atoms with Crippen LogP contribution in [-0.4, -0.2) is 5.96 Å². The van der Waals surface area contributed by atoms with Crippen molar-refractivity contribution < 1.29 is 29.6 Å². The Balaban J connectivity index is 0. The third-order valence-electron chi connectivity index (χ3n) is 0. The van der Waals surface area contributed by atoms with E-state index in [4.69, 9.17) is 11.1 Å². The quantitative estimate of drug-likeness (QED) is 0.181. The molecular formula is CH4N3Na. The summed E-state index contributed by atoms with van der Waals surface area (Å²) in [4.78, 5) is 0. The van der Waals surface area contributed by atoms with Crippen LogP contribution in [-0.2, 0) is 0 Å². The van der Waals surface area contributed by atoms with Crippen LogP contribution < -0.4 is 35.3 Å². The van der Waals surface area contributed by atoms with Crippen LogP contribution in [0, 0.1) is 5.41 Å². The maximum atomic E-state index is 5.94. The van der Waals surface area contributed by atoms with Gasteiger partial charge in [0, 0.05) is 0 Å². The van der Waals surface area contributed by atoms with Crippen molar-refractivity contribution in [1.29, 1.82) is 5.41 Å². The SMILES string of the molecule is N=C([NH-])N.[Na+]. The predicted molar refractivity (Wildman–Crippen MR) is 16.2 cm³/mol. The molecule has 0 atom stereocenters. The summed E-state index contributed by atoms with van der Waals surface area (Å²) in [5.41, 5.74) is 10.3. The molecule has 0 spiro atoms. The molecule has 0 saturated carbocycles. The van der Waals surface area contributed by atoms with Crippen molar-refractivity contribution in [3.63, 3.8) is 0 Å². The number of nitrogens with two attached hydrogens (primary N) is 1. The van der Waals surface area contributed by atoms with Gasteiger partial charge in [-0.2, -0.15) is 0 Å². The Morgan fingerprint density at radius 3 is 1.80 bits per heavy atom. The molecule has 0 aromatic heterocycles. The number of rotatable bonds is 0. The van der Waals surface area contributed by atoms with E-state index in [1.54, 1.807) is 0 Å². The van der Waals surface area contributed by atoms with Gasteiger partial charge in [0.15, 0.2) is 0 Å². The second kappa shape index (κ2) is 4.27. The van der Waals surface area contributed by atoms with Gasteiger partial charge in [0.25, 0.3) is 0 Å². The van der Waals surface area contributed by atoms with E-state index < -0.39 is 5.96 Å². The Kier molecular flexibility index (Phi) is 7.67. The summed E-state index contributed by atoms with van der Waals surface area (Å²) in [6, 6.07) is 0. The third kappa shape index (κ3) is 302. The Bertz CT molecular complexity index is 29.9. The van der Waals surface area contributed by atoms with Gasteiger partial charge >= 0.3 is 29.6 Å². The first-order chi connectivity index (χ1) is 1.73. The van der Waals surface area contributed by atoms with Crippen molar-refractivity contribution in [2.75, 3.05) is 0 Å². The van der Waals surface area contributed by atoms with Crippen molar-refractivity contribution >= 4 is 5.96 Å². The summed E-state index contributed by atoms with van der Waals surface area (Å²) in [5.74, 6) is -0.583. The monoisotopic (exact) mass is 81.0 g/mol. The zero-order valence-electron chi connectivity index (χ0n) is 3.08. The first-order valence-electron chi connectivity index (χ1n) is 0.789. The number of nitrogens with one attached hydrogen (secondary N) is 2. The molecule has 0 aliphatic carbocycles. The van der Waals surface area contributed by atoms with Crippen LogP contribution in [0.3, 0.4) is 0 Å². The van der Waals surface area contributed by atoms with Crippen molar-refractivity contribution in [1.82, 2.24) is 0 Å². The van der Waals surface area contributed by atoms with Gasteiger partial charge in [0.1, 0.15) is 0 Å². The van der Waals surface area contributed by atoms with E-state index in [0.717, 1.165) is 0 Å². The van der Waals surface area contributed by atoms with Crippen LogP contribution >= 0.6 is 0 Å². The molecule has 0 saturated heterocycles. The molecule has 0 aliphatic rings. The van der Waals surface area contributed by atoms with Crippen molar-refractivity contribution in [3.05, 3.63) is 5.73 Å². The molecule has 4 N–H and O–H groups in total. The summed E-state index contributed by atoms with van der Waals surface area (Å²) in [7, 11) is 0. The first-order valence-corrected chi connectivity index (χ1v) is 0.789. The second-order valence-electron chi connectivity index (χ2n) is 0.414. The minimum atomic E-state index is -0.583. The van der Waals surface area contributed by atoms with Crippen LogP contribution in [0.5, 0.6) is 0 Å². The minimum absolute atomic E-state index is 0. The maximum Gasteiger partial charge on any atom is 1.00 e. The summed E-state index contributed by atoms with van der Waals surface area (Å²) in [6.07, 6.45) is 0. The van der Waals surface area contributed by atoms with E-state index in [9.17, 15) is 0 Å². The third-order valence-corrected chi connectivity index (χ3v) is 0. The van der Waals surface area contributed by atoms with Gasteiger partial charge < -0.3 is 16.9 Å². The minimum Gasteiger partial charge on any atom is -0.454 e. The summed E-state index contributed by atoms with van der Waals surface area (Å²) >= 11 is 0. The van der Waals surface area contributed by atoms with E-state index in [0.29, 0.717) is 0 Å². The van der Waals surface area contributed by atoms with Gasteiger partial charge in [0.05, 0.1) is 0 Å². The van der Waals surface area contributed by atoms with Crippen LogP contribution in [0.15, 0.2) is 0 Å². The molecule has 0 aromatic carbocycles. The Hall–Kier alpha value is 0.270. The second-order valence-corrected chi connectivity index (χ2v) is 0.414. The standard InChI is InChI=1S/CH4N3.Na/c2-1(3)4;/h(H4-,2,3,4);/q-1;+1. The fraction of sp³-hybridized carbons (Fsp3) is 0. The molecule has 0 heterocycles. The number of hydrogen-bond donors (Lipinski definition) is 2. The molecule has 0 bridgehead atoms. The van der Waals surface area contributed by atoms with Crippen LogP contribution in [0.2, 0.25) is 0 Å². The number of guanidine groups is 1. The van der Waals surface area contributed by atoms with Gasteiger partial charge in [0.2, 0.25) is 0 Å². The van der Waals surface area contributed by atoms with Gasteiger partial charge in [-0.15, -0.1) is 0 Å². The van der Waals surface area contributed by atoms with E-state index >= 15 is 0 Å². The van der Waals surface area contributed by atoms with E-state index in [1.165, 1.54) is 0 Å². The van der Waals surface area contributed by atoms with E-state index in [1.807, 2.05) is 0 Å². The fourth-order valence-corrected chi connectivity index (χ4v) is 0. The average Bonchev–Trinajstić information content (AvgIpc) is 0.811. The topological polar surface area (TPSA) is 73.7 Å². The Morgan fingerprint density at radius 2 is 1.80 bits per heavy atom. The van der Waals surface area contributed by atoms with E-state index in [2.05, 4.69) is 5.73 Å². The molecule has 5 heavy (non-hydrogen) atoms. The summed E-state index contributed by atoms with van der Waals surface area (Å²) in [6.45, 7) is 0. The molecular weight excluding hydrogens is 77.0 g/mol. The van der Waals surface area contributed by atoms with Gasteiger partial charge in [-0.25, -0.2) is 0 Å². The summed E-state index contributed by atoms with van der Waals surface area (Å²) < 4.78 is 0. The van der Waals surface area contributed by atoms with Crippen LogP contribution in [0.25, 0.3) is 5.73 Å².